The lowest BCUT2D eigenvalue weighted by Crippen LogP contribution is -2.11. The fourth-order valence-corrected chi connectivity index (χ4v) is 0.632. The minimum Gasteiger partial charge on any atom is -0.396 e. The highest BCUT2D eigenvalue weighted by molar-refractivity contribution is 8.00. The summed E-state index contributed by atoms with van der Waals surface area (Å²) in [6, 6.07) is 0. The van der Waals surface area contributed by atoms with Crippen LogP contribution in [0.1, 0.15) is 12.8 Å². The molecule has 0 spiro atoms. The molecule has 0 aliphatic carbocycles. The molecule has 4 heteroatoms. The summed E-state index contributed by atoms with van der Waals surface area (Å²) in [5.41, 5.74) is 0. The van der Waals surface area contributed by atoms with Gasteiger partial charge in [-0.25, -0.2) is 0 Å². The molecular formula is C4H10O2S2. The molecule has 0 aromatic rings. The van der Waals surface area contributed by atoms with Gasteiger partial charge in [-0.2, -0.15) is 0 Å². The Hall–Kier alpha value is 0.620. The normalized spacial score (nSPS) is 12.0. The second-order valence-corrected chi connectivity index (χ2v) is 3.43. The SMILES string of the molecule is OCCCC(O)(S)S. The summed E-state index contributed by atoms with van der Waals surface area (Å²) < 4.78 is -1.22. The van der Waals surface area contributed by atoms with Crippen LogP contribution >= 0.6 is 25.3 Å². The Balaban J connectivity index is 3.11. The van der Waals surface area contributed by atoms with Crippen LogP contribution in [0.3, 0.4) is 0 Å². The van der Waals surface area contributed by atoms with E-state index in [4.69, 9.17) is 10.2 Å². The molecule has 0 saturated carbocycles. The third-order valence-electron chi connectivity index (χ3n) is 0.670. The van der Waals surface area contributed by atoms with Crippen molar-refractivity contribution in [1.29, 1.82) is 0 Å². The number of hydrogen-bond donors (Lipinski definition) is 4. The van der Waals surface area contributed by atoms with Crippen LogP contribution in [-0.2, 0) is 0 Å². The molecule has 0 fully saturated rings. The van der Waals surface area contributed by atoms with Crippen LogP contribution in [0.25, 0.3) is 0 Å². The lowest BCUT2D eigenvalue weighted by molar-refractivity contribution is 0.199. The Kier molecular flexibility index (Phi) is 3.89. The minimum atomic E-state index is -1.22. The molecule has 0 aliphatic heterocycles. The smallest absolute Gasteiger partial charge is 0.151 e. The van der Waals surface area contributed by atoms with Gasteiger partial charge in [-0.05, 0) is 12.8 Å². The molecule has 2 nitrogen and oxygen atoms in total. The fraction of sp³-hybridized carbons (Fsp3) is 1.00. The molecule has 8 heavy (non-hydrogen) atoms. The maximum Gasteiger partial charge on any atom is 0.151 e. The molecule has 0 rings (SSSR count). The van der Waals surface area contributed by atoms with Gasteiger partial charge in [-0.3, -0.25) is 0 Å². The number of thiol groups is 2. The average molecular weight is 154 g/mol. The first-order valence-electron chi connectivity index (χ1n) is 2.34. The molecule has 0 atom stereocenters. The van der Waals surface area contributed by atoms with E-state index >= 15 is 0 Å². The third kappa shape index (κ3) is 6.62. The van der Waals surface area contributed by atoms with E-state index in [1.54, 1.807) is 0 Å². The number of aliphatic hydroxyl groups excluding tert-OH is 1. The molecule has 0 amide bonds. The van der Waals surface area contributed by atoms with Gasteiger partial charge in [0.1, 0.15) is 0 Å². The Morgan fingerprint density at radius 2 is 1.88 bits per heavy atom. The second kappa shape index (κ2) is 3.61. The van der Waals surface area contributed by atoms with Gasteiger partial charge in [0.05, 0.1) is 0 Å². The van der Waals surface area contributed by atoms with Crippen molar-refractivity contribution in [3.63, 3.8) is 0 Å². The Bertz CT molecular complexity index is 59.5. The molecule has 0 bridgehead atoms. The minimum absolute atomic E-state index is 0.0728. The van der Waals surface area contributed by atoms with Crippen LogP contribution in [-0.4, -0.2) is 21.1 Å². The quantitative estimate of drug-likeness (QED) is 0.348. The van der Waals surface area contributed by atoms with Gasteiger partial charge < -0.3 is 10.2 Å². The van der Waals surface area contributed by atoms with E-state index in [9.17, 15) is 0 Å². The van der Waals surface area contributed by atoms with E-state index in [-0.39, 0.29) is 6.61 Å². The summed E-state index contributed by atoms with van der Waals surface area (Å²) in [5, 5.41) is 17.0. The van der Waals surface area contributed by atoms with Gasteiger partial charge in [0.2, 0.25) is 0 Å². The Labute approximate surface area is 59.7 Å². The molecule has 2 N–H and O–H groups in total. The molecule has 0 unspecified atom stereocenters. The molecule has 0 radical (unpaired) electrons. The van der Waals surface area contributed by atoms with Crippen LogP contribution < -0.4 is 0 Å². The molecule has 0 saturated heterocycles. The largest absolute Gasteiger partial charge is 0.396 e. The van der Waals surface area contributed by atoms with Crippen molar-refractivity contribution in [2.45, 2.75) is 17.1 Å². The Morgan fingerprint density at radius 1 is 1.38 bits per heavy atom. The van der Waals surface area contributed by atoms with Crippen molar-refractivity contribution in [3.8, 4) is 0 Å². The van der Waals surface area contributed by atoms with Gasteiger partial charge in [0.25, 0.3) is 0 Å². The van der Waals surface area contributed by atoms with Crippen LogP contribution in [0.2, 0.25) is 0 Å². The van der Waals surface area contributed by atoms with Gasteiger partial charge in [-0.15, -0.1) is 25.3 Å². The maximum absolute atomic E-state index is 8.77. The van der Waals surface area contributed by atoms with E-state index in [0.717, 1.165) is 0 Å². The first-order valence-corrected chi connectivity index (χ1v) is 3.24. The zero-order valence-electron chi connectivity index (χ0n) is 4.41. The average Bonchev–Trinajstić information content (AvgIpc) is 1.59. The van der Waals surface area contributed by atoms with Crippen molar-refractivity contribution in [3.05, 3.63) is 0 Å². The molecule has 0 aromatic heterocycles. The van der Waals surface area contributed by atoms with E-state index in [1.165, 1.54) is 0 Å². The van der Waals surface area contributed by atoms with Crippen molar-refractivity contribution in [1.82, 2.24) is 0 Å². The van der Waals surface area contributed by atoms with Crippen LogP contribution in [0.5, 0.6) is 0 Å². The lowest BCUT2D eigenvalue weighted by Gasteiger charge is -2.12. The second-order valence-electron chi connectivity index (χ2n) is 1.60. The van der Waals surface area contributed by atoms with Crippen LogP contribution in [0.4, 0.5) is 0 Å². The van der Waals surface area contributed by atoms with Crippen molar-refractivity contribution >= 4 is 25.3 Å². The predicted molar refractivity (Wildman–Crippen MR) is 39.2 cm³/mol. The first kappa shape index (κ1) is 8.62. The van der Waals surface area contributed by atoms with Gasteiger partial charge in [0.15, 0.2) is 4.27 Å². The highest BCUT2D eigenvalue weighted by Crippen LogP contribution is 2.20. The number of aliphatic hydroxyl groups is 2. The molecule has 0 heterocycles. The summed E-state index contributed by atoms with van der Waals surface area (Å²) in [7, 11) is 0. The Morgan fingerprint density at radius 3 is 2.00 bits per heavy atom. The van der Waals surface area contributed by atoms with Crippen molar-refractivity contribution < 1.29 is 10.2 Å². The van der Waals surface area contributed by atoms with E-state index in [1.807, 2.05) is 0 Å². The zero-order chi connectivity index (χ0) is 6.62. The van der Waals surface area contributed by atoms with Crippen LogP contribution in [0.15, 0.2) is 0 Å². The van der Waals surface area contributed by atoms with E-state index in [0.29, 0.717) is 12.8 Å². The van der Waals surface area contributed by atoms with Crippen molar-refractivity contribution in [2.75, 3.05) is 6.61 Å². The van der Waals surface area contributed by atoms with E-state index < -0.39 is 4.27 Å². The van der Waals surface area contributed by atoms with Gasteiger partial charge in [-0.1, -0.05) is 0 Å². The zero-order valence-corrected chi connectivity index (χ0v) is 6.20. The first-order chi connectivity index (χ1) is 3.56. The highest BCUT2D eigenvalue weighted by Gasteiger charge is 2.12. The van der Waals surface area contributed by atoms with Crippen LogP contribution in [0, 0.1) is 0 Å². The van der Waals surface area contributed by atoms with Crippen molar-refractivity contribution in [2.24, 2.45) is 0 Å². The molecule has 50 valence electrons. The monoisotopic (exact) mass is 154 g/mol. The number of rotatable bonds is 3. The highest BCUT2D eigenvalue weighted by atomic mass is 32.2. The summed E-state index contributed by atoms with van der Waals surface area (Å²) in [6.07, 6.45) is 0.930. The van der Waals surface area contributed by atoms with E-state index in [2.05, 4.69) is 25.3 Å². The third-order valence-corrected chi connectivity index (χ3v) is 1.12. The summed E-state index contributed by atoms with van der Waals surface area (Å²) in [4.78, 5) is 0. The molecule has 0 aliphatic rings. The topological polar surface area (TPSA) is 40.5 Å². The molecule has 0 aromatic carbocycles. The fourth-order valence-electron chi connectivity index (χ4n) is 0.316. The summed E-state index contributed by atoms with van der Waals surface area (Å²) in [6.45, 7) is 0.0728. The standard InChI is InChI=1S/C4H10O2S2/c5-3-1-2-4(6,7)8/h5-8H,1-3H2. The predicted octanol–water partition coefficient (Wildman–Crippen LogP) is 0.265. The summed E-state index contributed by atoms with van der Waals surface area (Å²) in [5.74, 6) is 0. The number of hydrogen-bond acceptors (Lipinski definition) is 4. The summed E-state index contributed by atoms with van der Waals surface area (Å²) >= 11 is 7.39. The maximum atomic E-state index is 8.77. The molecular weight excluding hydrogens is 144 g/mol. The van der Waals surface area contributed by atoms with Gasteiger partial charge in [0, 0.05) is 6.61 Å². The lowest BCUT2D eigenvalue weighted by atomic mass is 10.3. The van der Waals surface area contributed by atoms with Gasteiger partial charge >= 0.3 is 0 Å².